The van der Waals surface area contributed by atoms with Gasteiger partial charge in [-0.25, -0.2) is 0 Å². The van der Waals surface area contributed by atoms with Crippen LogP contribution in [0.1, 0.15) is 51.3 Å². The summed E-state index contributed by atoms with van der Waals surface area (Å²) in [4.78, 5) is 4.23. The zero-order chi connectivity index (χ0) is 15.1. The third-order valence-corrected chi connectivity index (χ3v) is 4.79. The molecule has 2 aliphatic rings. The molecule has 1 aromatic heterocycles. The minimum Gasteiger partial charge on any atom is -0.400 e. The zero-order valence-corrected chi connectivity index (χ0v) is 13.2. The van der Waals surface area contributed by atoms with Crippen molar-refractivity contribution in [1.29, 1.82) is 0 Å². The Kier molecular flexibility index (Phi) is 3.68. The molecule has 2 fully saturated rings. The SMILES string of the molecule is CC1(C)OB(/C=C/c2cnccc2[C@@H]2CCN2)OC1(C)C. The number of pyridine rings is 1. The van der Waals surface area contributed by atoms with E-state index in [0.29, 0.717) is 6.04 Å². The van der Waals surface area contributed by atoms with Crippen molar-refractivity contribution in [3.05, 3.63) is 35.6 Å². The summed E-state index contributed by atoms with van der Waals surface area (Å²) in [7, 11) is -0.308. The van der Waals surface area contributed by atoms with Crippen LogP contribution in [0.25, 0.3) is 6.08 Å². The summed E-state index contributed by atoms with van der Waals surface area (Å²) in [6, 6.07) is 2.53. The minimum absolute atomic E-state index is 0.296. The maximum Gasteiger partial charge on any atom is 0.487 e. The van der Waals surface area contributed by atoms with Crippen molar-refractivity contribution in [1.82, 2.24) is 10.3 Å². The molecule has 0 bridgehead atoms. The van der Waals surface area contributed by atoms with Gasteiger partial charge in [-0.3, -0.25) is 4.98 Å². The van der Waals surface area contributed by atoms with Gasteiger partial charge in [0.15, 0.2) is 0 Å². The van der Waals surface area contributed by atoms with Crippen LogP contribution in [0.2, 0.25) is 0 Å². The molecule has 0 aromatic carbocycles. The van der Waals surface area contributed by atoms with Gasteiger partial charge >= 0.3 is 7.12 Å². The molecule has 0 amide bonds. The summed E-state index contributed by atoms with van der Waals surface area (Å²) in [5, 5.41) is 3.43. The first-order valence-corrected chi connectivity index (χ1v) is 7.60. The van der Waals surface area contributed by atoms with Crippen molar-refractivity contribution >= 4 is 13.2 Å². The maximum absolute atomic E-state index is 5.98. The van der Waals surface area contributed by atoms with E-state index >= 15 is 0 Å². The molecule has 2 aliphatic heterocycles. The highest BCUT2D eigenvalue weighted by atomic mass is 16.7. The molecule has 0 unspecified atom stereocenters. The number of hydrogen-bond acceptors (Lipinski definition) is 4. The zero-order valence-electron chi connectivity index (χ0n) is 13.2. The predicted molar refractivity (Wildman–Crippen MR) is 84.7 cm³/mol. The molecule has 4 nitrogen and oxygen atoms in total. The van der Waals surface area contributed by atoms with E-state index in [4.69, 9.17) is 9.31 Å². The van der Waals surface area contributed by atoms with Crippen molar-refractivity contribution < 1.29 is 9.31 Å². The Hall–Kier alpha value is -1.17. The van der Waals surface area contributed by atoms with Crippen molar-refractivity contribution in [2.24, 2.45) is 0 Å². The Morgan fingerprint density at radius 1 is 1.29 bits per heavy atom. The highest BCUT2D eigenvalue weighted by Crippen LogP contribution is 2.37. The summed E-state index contributed by atoms with van der Waals surface area (Å²) in [5.74, 6) is 1.98. The second kappa shape index (κ2) is 5.23. The summed E-state index contributed by atoms with van der Waals surface area (Å²) in [6.07, 6.45) is 6.99. The number of hydrogen-bond donors (Lipinski definition) is 1. The van der Waals surface area contributed by atoms with E-state index in [1.54, 1.807) is 0 Å². The summed E-state index contributed by atoms with van der Waals surface area (Å²) >= 11 is 0. The molecule has 0 aliphatic carbocycles. The highest BCUT2D eigenvalue weighted by molar-refractivity contribution is 6.52. The second-order valence-electron chi connectivity index (χ2n) is 6.78. The van der Waals surface area contributed by atoms with Gasteiger partial charge in [0.25, 0.3) is 0 Å². The van der Waals surface area contributed by atoms with Crippen molar-refractivity contribution in [3.8, 4) is 0 Å². The smallest absolute Gasteiger partial charge is 0.400 e. The van der Waals surface area contributed by atoms with Gasteiger partial charge in [0, 0.05) is 18.4 Å². The maximum atomic E-state index is 5.98. The second-order valence-corrected chi connectivity index (χ2v) is 6.78. The third-order valence-electron chi connectivity index (χ3n) is 4.79. The summed E-state index contributed by atoms with van der Waals surface area (Å²) in [5.41, 5.74) is 1.83. The Balaban J connectivity index is 1.76. The van der Waals surface area contributed by atoms with Crippen LogP contribution in [0, 0.1) is 0 Å². The molecule has 1 atom stereocenters. The number of nitrogens with one attached hydrogen (secondary N) is 1. The van der Waals surface area contributed by atoms with Gasteiger partial charge in [-0.2, -0.15) is 0 Å². The molecule has 5 heteroatoms. The molecular weight excluding hydrogens is 263 g/mol. The van der Waals surface area contributed by atoms with Crippen LogP contribution >= 0.6 is 0 Å². The Morgan fingerprint density at radius 3 is 2.52 bits per heavy atom. The fraction of sp³-hybridized carbons (Fsp3) is 0.562. The first-order chi connectivity index (χ1) is 9.89. The predicted octanol–water partition coefficient (Wildman–Crippen LogP) is 2.76. The topological polar surface area (TPSA) is 43.4 Å². The fourth-order valence-electron chi connectivity index (χ4n) is 2.58. The molecule has 3 rings (SSSR count). The average Bonchev–Trinajstić information content (AvgIpc) is 2.55. The lowest BCUT2D eigenvalue weighted by atomic mass is 9.87. The van der Waals surface area contributed by atoms with E-state index < -0.39 is 0 Å². The van der Waals surface area contributed by atoms with Crippen molar-refractivity contribution in [2.45, 2.75) is 51.4 Å². The average molecular weight is 286 g/mol. The number of aromatic nitrogens is 1. The minimum atomic E-state index is -0.308. The highest BCUT2D eigenvalue weighted by Gasteiger charge is 2.50. The molecule has 21 heavy (non-hydrogen) atoms. The molecule has 0 saturated carbocycles. The van der Waals surface area contributed by atoms with E-state index in [-0.39, 0.29) is 18.3 Å². The van der Waals surface area contributed by atoms with Gasteiger partial charge < -0.3 is 14.6 Å². The van der Waals surface area contributed by atoms with E-state index in [1.807, 2.05) is 18.4 Å². The largest absolute Gasteiger partial charge is 0.487 e. The monoisotopic (exact) mass is 286 g/mol. The third kappa shape index (κ3) is 2.78. The van der Waals surface area contributed by atoms with Crippen molar-refractivity contribution in [3.63, 3.8) is 0 Å². The Morgan fingerprint density at radius 2 is 1.95 bits per heavy atom. The van der Waals surface area contributed by atoms with Gasteiger partial charge in [-0.1, -0.05) is 12.1 Å². The molecule has 0 spiro atoms. The van der Waals surface area contributed by atoms with Crippen LogP contribution in [0.3, 0.4) is 0 Å². The number of nitrogens with zero attached hydrogens (tertiary/aromatic N) is 1. The van der Waals surface area contributed by atoms with Gasteiger partial charge in [0.05, 0.1) is 11.2 Å². The van der Waals surface area contributed by atoms with E-state index in [9.17, 15) is 0 Å². The van der Waals surface area contributed by atoms with Crippen LogP contribution in [0.15, 0.2) is 24.4 Å². The van der Waals surface area contributed by atoms with Gasteiger partial charge in [-0.15, -0.1) is 0 Å². The molecule has 112 valence electrons. The van der Waals surface area contributed by atoms with Gasteiger partial charge in [0.1, 0.15) is 0 Å². The van der Waals surface area contributed by atoms with Crippen LogP contribution in [0.5, 0.6) is 0 Å². The first kappa shape index (κ1) is 14.8. The lowest BCUT2D eigenvalue weighted by Gasteiger charge is -2.32. The van der Waals surface area contributed by atoms with E-state index in [2.05, 4.69) is 50.1 Å². The molecule has 1 N–H and O–H groups in total. The summed E-state index contributed by atoms with van der Waals surface area (Å²) < 4.78 is 12.0. The quantitative estimate of drug-likeness (QED) is 0.868. The van der Waals surface area contributed by atoms with E-state index in [1.165, 1.54) is 12.0 Å². The van der Waals surface area contributed by atoms with Crippen LogP contribution < -0.4 is 5.32 Å². The van der Waals surface area contributed by atoms with Crippen LogP contribution in [0.4, 0.5) is 0 Å². The van der Waals surface area contributed by atoms with E-state index in [0.717, 1.165) is 12.1 Å². The molecular formula is C16H23BN2O2. The molecule has 1 aromatic rings. The van der Waals surface area contributed by atoms with Crippen LogP contribution in [-0.2, 0) is 9.31 Å². The van der Waals surface area contributed by atoms with Gasteiger partial charge in [-0.05, 0) is 57.9 Å². The normalized spacial score (nSPS) is 27.0. The molecule has 2 saturated heterocycles. The number of rotatable bonds is 3. The van der Waals surface area contributed by atoms with Crippen molar-refractivity contribution in [2.75, 3.05) is 6.54 Å². The van der Waals surface area contributed by atoms with Crippen LogP contribution in [-0.4, -0.2) is 29.8 Å². The molecule has 0 radical (unpaired) electrons. The Labute approximate surface area is 127 Å². The Bertz CT molecular complexity index is 537. The fourth-order valence-corrected chi connectivity index (χ4v) is 2.58. The molecule has 3 heterocycles. The summed E-state index contributed by atoms with van der Waals surface area (Å²) in [6.45, 7) is 9.35. The first-order valence-electron chi connectivity index (χ1n) is 7.60. The lowest BCUT2D eigenvalue weighted by Crippen LogP contribution is -2.41. The standard InChI is InChI=1S/C16H23BN2O2/c1-15(2)16(3,4)21-17(20-15)8-5-12-11-18-9-6-13(12)14-7-10-19-14/h5-6,8-9,11,14,19H,7,10H2,1-4H3/b8-5+/t14-/m0/s1. The lowest BCUT2D eigenvalue weighted by molar-refractivity contribution is 0.00578. The van der Waals surface area contributed by atoms with Gasteiger partial charge in [0.2, 0.25) is 0 Å².